The number of aromatic nitrogens is 2. The Hall–Kier alpha value is -1.07. The number of nitrogens with one attached hydrogen (secondary N) is 2. The molecule has 0 saturated carbocycles. The van der Waals surface area contributed by atoms with Crippen molar-refractivity contribution in [2.24, 2.45) is 0 Å². The Morgan fingerprint density at radius 1 is 1.62 bits per heavy atom. The molecule has 1 aromatic rings. The van der Waals surface area contributed by atoms with Gasteiger partial charge < -0.3 is 15.0 Å². The van der Waals surface area contributed by atoms with Gasteiger partial charge in [-0.2, -0.15) is 0 Å². The van der Waals surface area contributed by atoms with Gasteiger partial charge in [0.15, 0.2) is 5.02 Å². The largest absolute Gasteiger partial charge is 0.476 e. The van der Waals surface area contributed by atoms with Crippen LogP contribution in [-0.2, 0) is 0 Å². The summed E-state index contributed by atoms with van der Waals surface area (Å²) in [5, 5.41) is 3.26. The molecule has 1 rings (SSSR count). The van der Waals surface area contributed by atoms with E-state index in [-0.39, 0.29) is 16.5 Å². The van der Waals surface area contributed by atoms with E-state index in [2.05, 4.69) is 29.1 Å². The predicted octanol–water partition coefficient (Wildman–Crippen LogP) is 1.19. The number of halogens is 1. The number of rotatable bonds is 6. The summed E-state index contributed by atoms with van der Waals surface area (Å²) >= 11 is 5.71. The quantitative estimate of drug-likeness (QED) is 0.739. The Balaban J connectivity index is 2.32. The van der Waals surface area contributed by atoms with Gasteiger partial charge in [0.2, 0.25) is 5.88 Å². The van der Waals surface area contributed by atoms with E-state index in [0.717, 1.165) is 13.0 Å². The smallest absolute Gasteiger partial charge is 0.273 e. The predicted molar refractivity (Wildman–Crippen MR) is 63.1 cm³/mol. The maximum Gasteiger partial charge on any atom is 0.273 e. The van der Waals surface area contributed by atoms with Gasteiger partial charge in [-0.1, -0.05) is 25.4 Å². The van der Waals surface area contributed by atoms with Crippen LogP contribution >= 0.6 is 11.6 Å². The lowest BCUT2D eigenvalue weighted by molar-refractivity contribution is 0.294. The average Bonchev–Trinajstić information content (AvgIpc) is 2.23. The maximum absolute atomic E-state index is 11.1. The zero-order valence-electron chi connectivity index (χ0n) is 9.42. The number of hydrogen-bond donors (Lipinski definition) is 2. The van der Waals surface area contributed by atoms with E-state index in [1.54, 1.807) is 0 Å². The Labute approximate surface area is 99.2 Å². The van der Waals surface area contributed by atoms with E-state index in [0.29, 0.717) is 12.6 Å². The molecule has 0 atom stereocenters. The van der Waals surface area contributed by atoms with Crippen molar-refractivity contribution >= 4 is 11.6 Å². The Bertz CT molecular complexity index is 379. The second-order valence-electron chi connectivity index (χ2n) is 3.66. The van der Waals surface area contributed by atoms with Crippen LogP contribution in [0.3, 0.4) is 0 Å². The third-order valence-electron chi connectivity index (χ3n) is 1.88. The molecule has 6 heteroatoms. The summed E-state index contributed by atoms with van der Waals surface area (Å²) < 4.78 is 5.30. The second-order valence-corrected chi connectivity index (χ2v) is 4.04. The van der Waals surface area contributed by atoms with Crippen molar-refractivity contribution in [1.82, 2.24) is 15.3 Å². The van der Waals surface area contributed by atoms with Crippen molar-refractivity contribution in [1.29, 1.82) is 0 Å². The first-order valence-corrected chi connectivity index (χ1v) is 5.58. The van der Waals surface area contributed by atoms with Crippen LogP contribution in [0.2, 0.25) is 5.02 Å². The molecule has 0 saturated heterocycles. The number of H-pyrrole nitrogens is 1. The Morgan fingerprint density at radius 3 is 3.06 bits per heavy atom. The highest BCUT2D eigenvalue weighted by molar-refractivity contribution is 6.31. The SMILES string of the molecule is CC(C)NCCCOc1nc[nH]c(=O)c1Cl. The molecule has 1 heterocycles. The number of nitrogens with zero attached hydrogens (tertiary/aromatic N) is 1. The Morgan fingerprint density at radius 2 is 2.38 bits per heavy atom. The van der Waals surface area contributed by atoms with E-state index in [9.17, 15) is 4.79 Å². The van der Waals surface area contributed by atoms with Gasteiger partial charge in [-0.05, 0) is 13.0 Å². The van der Waals surface area contributed by atoms with Gasteiger partial charge in [0.1, 0.15) is 0 Å². The molecule has 16 heavy (non-hydrogen) atoms. The summed E-state index contributed by atoms with van der Waals surface area (Å²) in [6, 6.07) is 0.460. The molecule has 0 aromatic carbocycles. The molecule has 0 radical (unpaired) electrons. The zero-order chi connectivity index (χ0) is 12.0. The van der Waals surface area contributed by atoms with Crippen LogP contribution in [0, 0.1) is 0 Å². The van der Waals surface area contributed by atoms with Gasteiger partial charge in [0, 0.05) is 6.04 Å². The molecule has 0 unspecified atom stereocenters. The molecule has 1 aromatic heterocycles. The average molecular weight is 246 g/mol. The van der Waals surface area contributed by atoms with Crippen LogP contribution in [0.4, 0.5) is 0 Å². The molecule has 0 aliphatic heterocycles. The molecule has 0 fully saturated rings. The van der Waals surface area contributed by atoms with Crippen molar-refractivity contribution < 1.29 is 4.74 Å². The van der Waals surface area contributed by atoms with Crippen molar-refractivity contribution in [3.8, 4) is 5.88 Å². The highest BCUT2D eigenvalue weighted by Crippen LogP contribution is 2.14. The normalized spacial score (nSPS) is 10.8. The van der Waals surface area contributed by atoms with Crippen molar-refractivity contribution in [3.05, 3.63) is 21.7 Å². The van der Waals surface area contributed by atoms with Gasteiger partial charge in [0.25, 0.3) is 5.56 Å². The molecule has 0 aliphatic carbocycles. The van der Waals surface area contributed by atoms with Crippen molar-refractivity contribution in [2.45, 2.75) is 26.3 Å². The van der Waals surface area contributed by atoms with E-state index >= 15 is 0 Å². The fourth-order valence-corrected chi connectivity index (χ4v) is 1.26. The van der Waals surface area contributed by atoms with E-state index in [1.165, 1.54) is 6.33 Å². The van der Waals surface area contributed by atoms with Gasteiger partial charge in [0.05, 0.1) is 12.9 Å². The minimum atomic E-state index is -0.382. The van der Waals surface area contributed by atoms with E-state index < -0.39 is 0 Å². The fraction of sp³-hybridized carbons (Fsp3) is 0.600. The topological polar surface area (TPSA) is 67.0 Å². The minimum Gasteiger partial charge on any atom is -0.476 e. The van der Waals surface area contributed by atoms with Gasteiger partial charge in [-0.3, -0.25) is 4.79 Å². The van der Waals surface area contributed by atoms with Crippen molar-refractivity contribution in [3.63, 3.8) is 0 Å². The van der Waals surface area contributed by atoms with Gasteiger partial charge >= 0.3 is 0 Å². The second kappa shape index (κ2) is 6.50. The van der Waals surface area contributed by atoms with E-state index in [1.807, 2.05) is 0 Å². The van der Waals surface area contributed by atoms with Crippen LogP contribution in [0.25, 0.3) is 0 Å². The summed E-state index contributed by atoms with van der Waals surface area (Å²) in [5.74, 6) is 0.190. The van der Waals surface area contributed by atoms with Gasteiger partial charge in [-0.15, -0.1) is 0 Å². The summed E-state index contributed by atoms with van der Waals surface area (Å²) in [7, 11) is 0. The first-order chi connectivity index (χ1) is 7.61. The summed E-state index contributed by atoms with van der Waals surface area (Å²) in [5.41, 5.74) is -0.382. The molecule has 0 amide bonds. The van der Waals surface area contributed by atoms with E-state index in [4.69, 9.17) is 16.3 Å². The molecule has 90 valence electrons. The highest BCUT2D eigenvalue weighted by atomic mass is 35.5. The molecular formula is C10H16ClN3O2. The lowest BCUT2D eigenvalue weighted by atomic mass is 10.3. The summed E-state index contributed by atoms with van der Waals surface area (Å²) in [6.07, 6.45) is 2.11. The third-order valence-corrected chi connectivity index (χ3v) is 2.21. The first-order valence-electron chi connectivity index (χ1n) is 5.20. The van der Waals surface area contributed by atoms with Crippen LogP contribution in [0.15, 0.2) is 11.1 Å². The summed E-state index contributed by atoms with van der Waals surface area (Å²) in [6.45, 7) is 5.50. The lowest BCUT2D eigenvalue weighted by Crippen LogP contribution is -2.25. The Kier molecular flexibility index (Phi) is 5.28. The minimum absolute atomic E-state index is 0.000631. The van der Waals surface area contributed by atoms with Crippen LogP contribution in [0.5, 0.6) is 5.88 Å². The maximum atomic E-state index is 11.1. The molecule has 2 N–H and O–H groups in total. The van der Waals surface area contributed by atoms with Crippen LogP contribution in [-0.4, -0.2) is 29.2 Å². The van der Waals surface area contributed by atoms with Gasteiger partial charge in [-0.25, -0.2) is 4.98 Å². The molecule has 0 aliphatic rings. The lowest BCUT2D eigenvalue weighted by Gasteiger charge is -2.08. The zero-order valence-corrected chi connectivity index (χ0v) is 10.2. The number of hydrogen-bond acceptors (Lipinski definition) is 4. The third kappa shape index (κ3) is 4.20. The van der Waals surface area contributed by atoms with Crippen LogP contribution < -0.4 is 15.6 Å². The number of aromatic amines is 1. The van der Waals surface area contributed by atoms with Crippen LogP contribution in [0.1, 0.15) is 20.3 Å². The molecule has 0 bridgehead atoms. The monoisotopic (exact) mass is 245 g/mol. The molecule has 5 nitrogen and oxygen atoms in total. The highest BCUT2D eigenvalue weighted by Gasteiger charge is 2.06. The standard InChI is InChI=1S/C10H16ClN3O2/c1-7(2)12-4-3-5-16-10-8(11)9(15)13-6-14-10/h6-7,12H,3-5H2,1-2H3,(H,13,14,15). The first kappa shape index (κ1) is 13.0. The summed E-state index contributed by atoms with van der Waals surface area (Å²) in [4.78, 5) is 17.3. The molecular weight excluding hydrogens is 230 g/mol. The molecule has 0 spiro atoms. The van der Waals surface area contributed by atoms with Crippen molar-refractivity contribution in [2.75, 3.05) is 13.2 Å². The number of ether oxygens (including phenoxy) is 1. The fourth-order valence-electron chi connectivity index (χ4n) is 1.10.